The summed E-state index contributed by atoms with van der Waals surface area (Å²) in [5.74, 6) is 3.01. The molecule has 0 radical (unpaired) electrons. The quantitative estimate of drug-likeness (QED) is 0.705. The molecule has 1 N–H and O–H groups in total. The summed E-state index contributed by atoms with van der Waals surface area (Å²) in [7, 11) is 3.74. The van der Waals surface area contributed by atoms with Crippen LogP contribution in [-0.4, -0.2) is 38.4 Å². The highest BCUT2D eigenvalue weighted by Gasteiger charge is 2.09. The van der Waals surface area contributed by atoms with Crippen molar-refractivity contribution in [1.82, 2.24) is 5.32 Å². The first kappa shape index (κ1) is 16.3. The van der Waals surface area contributed by atoms with Gasteiger partial charge in [-0.2, -0.15) is 11.8 Å². The average Bonchev–Trinajstić information content (AvgIpc) is 2.40. The van der Waals surface area contributed by atoms with E-state index < -0.39 is 0 Å². The van der Waals surface area contributed by atoms with Crippen molar-refractivity contribution in [2.75, 3.05) is 32.3 Å². The predicted molar refractivity (Wildman–Crippen MR) is 83.2 cm³/mol. The minimum absolute atomic E-state index is 0.218. The highest BCUT2D eigenvalue weighted by molar-refractivity contribution is 7.99. The Balaban J connectivity index is 2.51. The van der Waals surface area contributed by atoms with Gasteiger partial charge in [0.05, 0.1) is 12.7 Å². The zero-order valence-corrected chi connectivity index (χ0v) is 13.1. The molecule has 0 aliphatic carbocycles. The van der Waals surface area contributed by atoms with Crippen molar-refractivity contribution >= 4 is 11.8 Å². The summed E-state index contributed by atoms with van der Waals surface area (Å²) in [4.78, 5) is 0. The minimum atomic E-state index is 0.218. The summed E-state index contributed by atoms with van der Waals surface area (Å²) < 4.78 is 10.7. The third-order valence-corrected chi connectivity index (χ3v) is 3.74. The molecule has 1 unspecified atom stereocenters. The molecular formula is C15H25NO2S. The fourth-order valence-electron chi connectivity index (χ4n) is 1.74. The lowest BCUT2D eigenvalue weighted by molar-refractivity contribution is 0.218. The van der Waals surface area contributed by atoms with E-state index in [4.69, 9.17) is 9.47 Å². The van der Waals surface area contributed by atoms with Crippen LogP contribution >= 0.6 is 11.8 Å². The number of benzene rings is 1. The first-order valence-corrected chi connectivity index (χ1v) is 7.83. The lowest BCUT2D eigenvalue weighted by Crippen LogP contribution is -2.19. The molecule has 19 heavy (non-hydrogen) atoms. The second kappa shape index (κ2) is 9.23. The average molecular weight is 283 g/mol. The number of ether oxygens (including phenoxy) is 2. The van der Waals surface area contributed by atoms with Crippen molar-refractivity contribution < 1.29 is 9.47 Å². The summed E-state index contributed by atoms with van der Waals surface area (Å²) in [6.45, 7) is 4.88. The molecule has 1 aromatic rings. The van der Waals surface area contributed by atoms with Gasteiger partial charge in [-0.1, -0.05) is 12.1 Å². The molecule has 0 aromatic heterocycles. The van der Waals surface area contributed by atoms with Crippen LogP contribution in [0.2, 0.25) is 0 Å². The number of hydrogen-bond donors (Lipinski definition) is 1. The molecule has 1 atom stereocenters. The minimum Gasteiger partial charge on any atom is -0.491 e. The lowest BCUT2D eigenvalue weighted by Gasteiger charge is -2.17. The summed E-state index contributed by atoms with van der Waals surface area (Å²) in [5, 5.41) is 3.35. The Bertz CT molecular complexity index is 341. The van der Waals surface area contributed by atoms with Crippen LogP contribution in [0.3, 0.4) is 0 Å². The van der Waals surface area contributed by atoms with Crippen LogP contribution in [0.25, 0.3) is 0 Å². The highest BCUT2D eigenvalue weighted by Crippen LogP contribution is 2.21. The Morgan fingerprint density at radius 1 is 1.21 bits per heavy atom. The van der Waals surface area contributed by atoms with Crippen LogP contribution in [0.1, 0.15) is 25.5 Å². The third-order valence-electron chi connectivity index (χ3n) is 2.72. The predicted octanol–water partition coefficient (Wildman–Crippen LogP) is 3.11. The van der Waals surface area contributed by atoms with Gasteiger partial charge in [0.15, 0.2) is 0 Å². The maximum Gasteiger partial charge on any atom is 0.119 e. The molecule has 4 heteroatoms. The fourth-order valence-corrected chi connectivity index (χ4v) is 2.79. The normalized spacial score (nSPS) is 12.7. The topological polar surface area (TPSA) is 30.5 Å². The van der Waals surface area contributed by atoms with E-state index in [2.05, 4.69) is 17.4 Å². The highest BCUT2D eigenvalue weighted by atomic mass is 32.2. The smallest absolute Gasteiger partial charge is 0.119 e. The maximum absolute atomic E-state index is 5.65. The Labute approximate surface area is 121 Å². The largest absolute Gasteiger partial charge is 0.491 e. The zero-order valence-electron chi connectivity index (χ0n) is 12.3. The van der Waals surface area contributed by atoms with E-state index in [1.807, 2.05) is 44.8 Å². The molecule has 3 nitrogen and oxygen atoms in total. The number of rotatable bonds is 9. The van der Waals surface area contributed by atoms with Gasteiger partial charge in [0, 0.05) is 24.7 Å². The van der Waals surface area contributed by atoms with Gasteiger partial charge in [0.2, 0.25) is 0 Å². The Morgan fingerprint density at radius 2 is 1.89 bits per heavy atom. The molecule has 0 heterocycles. The van der Waals surface area contributed by atoms with Gasteiger partial charge < -0.3 is 14.8 Å². The summed E-state index contributed by atoms with van der Waals surface area (Å²) in [5.41, 5.74) is 1.29. The van der Waals surface area contributed by atoms with Gasteiger partial charge in [-0.25, -0.2) is 0 Å². The molecule has 0 saturated heterocycles. The summed E-state index contributed by atoms with van der Waals surface area (Å²) in [6, 6.07) is 8.72. The van der Waals surface area contributed by atoms with E-state index in [1.165, 1.54) is 5.56 Å². The van der Waals surface area contributed by atoms with Gasteiger partial charge in [0.1, 0.15) is 5.75 Å². The second-order valence-electron chi connectivity index (χ2n) is 4.64. The Morgan fingerprint density at radius 3 is 2.42 bits per heavy atom. The molecular weight excluding hydrogens is 258 g/mol. The number of nitrogens with one attached hydrogen (secondary N) is 1. The molecule has 108 valence electrons. The van der Waals surface area contributed by atoms with Crippen molar-refractivity contribution in [3.8, 4) is 5.75 Å². The van der Waals surface area contributed by atoms with Crippen LogP contribution in [0.4, 0.5) is 0 Å². The molecule has 0 aliphatic rings. The number of thioether (sulfide) groups is 1. The van der Waals surface area contributed by atoms with E-state index in [-0.39, 0.29) is 6.10 Å². The van der Waals surface area contributed by atoms with Crippen LogP contribution in [0, 0.1) is 0 Å². The van der Waals surface area contributed by atoms with Crippen molar-refractivity contribution in [2.24, 2.45) is 0 Å². The molecule has 0 amide bonds. The van der Waals surface area contributed by atoms with E-state index in [1.54, 1.807) is 7.11 Å². The molecule has 1 aromatic carbocycles. The number of hydrogen-bond acceptors (Lipinski definition) is 4. The standard InChI is InChI=1S/C15H25NO2S/c1-12(2)18-14-7-5-13(6-8-14)15(16-3)11-19-10-9-17-4/h5-8,12,15-16H,9-11H2,1-4H3. The Kier molecular flexibility index (Phi) is 7.94. The van der Waals surface area contributed by atoms with Crippen molar-refractivity contribution in [2.45, 2.75) is 26.0 Å². The molecule has 0 saturated carbocycles. The van der Waals surface area contributed by atoms with Gasteiger partial charge in [-0.3, -0.25) is 0 Å². The molecule has 0 spiro atoms. The van der Waals surface area contributed by atoms with Crippen LogP contribution in [-0.2, 0) is 4.74 Å². The SMILES string of the molecule is CNC(CSCCOC)c1ccc(OC(C)C)cc1. The van der Waals surface area contributed by atoms with Crippen molar-refractivity contribution in [3.05, 3.63) is 29.8 Å². The second-order valence-corrected chi connectivity index (χ2v) is 5.79. The third kappa shape index (κ3) is 6.32. The van der Waals surface area contributed by atoms with Crippen LogP contribution in [0.5, 0.6) is 5.75 Å². The molecule has 0 fully saturated rings. The maximum atomic E-state index is 5.65. The van der Waals surface area contributed by atoms with Crippen LogP contribution < -0.4 is 10.1 Å². The molecule has 1 rings (SSSR count). The first-order valence-electron chi connectivity index (χ1n) is 6.68. The van der Waals surface area contributed by atoms with Gasteiger partial charge in [-0.15, -0.1) is 0 Å². The van der Waals surface area contributed by atoms with Gasteiger partial charge in [0.25, 0.3) is 0 Å². The van der Waals surface area contributed by atoms with E-state index in [0.717, 1.165) is 23.9 Å². The van der Waals surface area contributed by atoms with Crippen LogP contribution in [0.15, 0.2) is 24.3 Å². The van der Waals surface area contributed by atoms with E-state index in [9.17, 15) is 0 Å². The zero-order chi connectivity index (χ0) is 14.1. The Hall–Kier alpha value is -0.710. The lowest BCUT2D eigenvalue weighted by atomic mass is 10.1. The summed E-state index contributed by atoms with van der Waals surface area (Å²) in [6.07, 6.45) is 0.218. The monoisotopic (exact) mass is 283 g/mol. The van der Waals surface area contributed by atoms with Gasteiger partial charge in [-0.05, 0) is 38.6 Å². The fraction of sp³-hybridized carbons (Fsp3) is 0.600. The summed E-state index contributed by atoms with van der Waals surface area (Å²) >= 11 is 1.90. The molecule has 0 bridgehead atoms. The number of methoxy groups -OCH3 is 1. The first-order chi connectivity index (χ1) is 9.17. The van der Waals surface area contributed by atoms with Gasteiger partial charge >= 0.3 is 0 Å². The molecule has 0 aliphatic heterocycles. The van der Waals surface area contributed by atoms with Crippen molar-refractivity contribution in [1.29, 1.82) is 0 Å². The van der Waals surface area contributed by atoms with Crippen molar-refractivity contribution in [3.63, 3.8) is 0 Å². The van der Waals surface area contributed by atoms with E-state index in [0.29, 0.717) is 6.04 Å². The van der Waals surface area contributed by atoms with E-state index >= 15 is 0 Å².